The van der Waals surface area contributed by atoms with E-state index in [2.05, 4.69) is 26.8 Å². The standard InChI is InChI=1S/C17H16N4OS/c22-17(21-7-1-2-15(21)14-4-9-23-11-14)13-3-5-19-16(10-13)20-8-6-18-12-20/h3-6,8-12,15H,1-2,7H2/t15-/m0/s1. The number of carbonyl (C=O) groups is 1. The Morgan fingerprint density at radius 3 is 3.04 bits per heavy atom. The first-order chi connectivity index (χ1) is 11.3. The lowest BCUT2D eigenvalue weighted by Gasteiger charge is -2.24. The van der Waals surface area contributed by atoms with Gasteiger partial charge in [0.2, 0.25) is 0 Å². The molecule has 0 aromatic carbocycles. The van der Waals surface area contributed by atoms with E-state index in [0.29, 0.717) is 11.4 Å². The lowest BCUT2D eigenvalue weighted by molar-refractivity contribution is 0.0735. The Hall–Kier alpha value is -2.47. The quantitative estimate of drug-likeness (QED) is 0.743. The van der Waals surface area contributed by atoms with Crippen LogP contribution in [0.2, 0.25) is 0 Å². The van der Waals surface area contributed by atoms with Gasteiger partial charge in [0.15, 0.2) is 0 Å². The maximum absolute atomic E-state index is 13.0. The molecule has 0 spiro atoms. The highest BCUT2D eigenvalue weighted by Crippen LogP contribution is 2.34. The first kappa shape index (κ1) is 14.1. The third kappa shape index (κ3) is 2.66. The first-order valence-electron chi connectivity index (χ1n) is 7.60. The van der Waals surface area contributed by atoms with Gasteiger partial charge in [0.05, 0.1) is 6.04 Å². The van der Waals surface area contributed by atoms with E-state index in [-0.39, 0.29) is 11.9 Å². The second-order valence-corrected chi connectivity index (χ2v) is 6.37. The molecule has 5 nitrogen and oxygen atoms in total. The van der Waals surface area contributed by atoms with E-state index in [1.54, 1.807) is 40.7 Å². The minimum absolute atomic E-state index is 0.0717. The molecule has 4 rings (SSSR count). The van der Waals surface area contributed by atoms with E-state index in [1.165, 1.54) is 5.56 Å². The lowest BCUT2D eigenvalue weighted by atomic mass is 10.1. The van der Waals surface area contributed by atoms with Crippen LogP contribution in [0.3, 0.4) is 0 Å². The predicted octanol–water partition coefficient (Wildman–Crippen LogP) is 3.31. The van der Waals surface area contributed by atoms with Gasteiger partial charge in [0, 0.05) is 30.7 Å². The summed E-state index contributed by atoms with van der Waals surface area (Å²) in [5.41, 5.74) is 1.91. The third-order valence-electron chi connectivity index (χ3n) is 4.20. The Balaban J connectivity index is 1.63. The van der Waals surface area contributed by atoms with Crippen molar-refractivity contribution in [2.24, 2.45) is 0 Å². The van der Waals surface area contributed by atoms with E-state index in [0.717, 1.165) is 19.4 Å². The zero-order valence-corrected chi connectivity index (χ0v) is 13.3. The fourth-order valence-corrected chi connectivity index (χ4v) is 3.78. The number of rotatable bonds is 3. The fourth-order valence-electron chi connectivity index (χ4n) is 3.07. The van der Waals surface area contributed by atoms with Gasteiger partial charge in [-0.25, -0.2) is 9.97 Å². The van der Waals surface area contributed by atoms with Crippen LogP contribution >= 0.6 is 11.3 Å². The number of likely N-dealkylation sites (tertiary alicyclic amines) is 1. The Kier molecular flexibility index (Phi) is 3.67. The van der Waals surface area contributed by atoms with Crippen molar-refractivity contribution in [3.63, 3.8) is 0 Å². The molecule has 3 aromatic heterocycles. The molecule has 1 saturated heterocycles. The molecule has 1 amide bonds. The van der Waals surface area contributed by atoms with Crippen LogP contribution in [-0.2, 0) is 0 Å². The monoisotopic (exact) mass is 324 g/mol. The molecule has 0 aliphatic carbocycles. The number of aromatic nitrogens is 3. The zero-order valence-electron chi connectivity index (χ0n) is 12.5. The SMILES string of the molecule is O=C(c1ccnc(-n2ccnc2)c1)N1CCC[C@H]1c1ccsc1. The van der Waals surface area contributed by atoms with Gasteiger partial charge >= 0.3 is 0 Å². The molecule has 116 valence electrons. The molecule has 4 heterocycles. The molecule has 0 unspecified atom stereocenters. The molecule has 3 aromatic rings. The summed E-state index contributed by atoms with van der Waals surface area (Å²) >= 11 is 1.68. The van der Waals surface area contributed by atoms with Crippen molar-refractivity contribution in [3.8, 4) is 5.82 Å². The Morgan fingerprint density at radius 1 is 1.30 bits per heavy atom. The number of thiophene rings is 1. The van der Waals surface area contributed by atoms with Crippen molar-refractivity contribution in [1.82, 2.24) is 19.4 Å². The number of amides is 1. The largest absolute Gasteiger partial charge is 0.332 e. The average molecular weight is 324 g/mol. The molecule has 6 heteroatoms. The van der Waals surface area contributed by atoms with Crippen molar-refractivity contribution in [2.75, 3.05) is 6.54 Å². The zero-order chi connectivity index (χ0) is 15.6. The highest BCUT2D eigenvalue weighted by atomic mass is 32.1. The van der Waals surface area contributed by atoms with Gasteiger partial charge in [-0.05, 0) is 47.4 Å². The number of pyridine rings is 1. The smallest absolute Gasteiger partial charge is 0.254 e. The maximum Gasteiger partial charge on any atom is 0.254 e. The molecule has 23 heavy (non-hydrogen) atoms. The van der Waals surface area contributed by atoms with E-state index in [4.69, 9.17) is 0 Å². The minimum atomic E-state index is 0.0717. The van der Waals surface area contributed by atoms with E-state index in [1.807, 2.05) is 17.2 Å². The van der Waals surface area contributed by atoms with Crippen molar-refractivity contribution in [3.05, 3.63) is 65.0 Å². The summed E-state index contributed by atoms with van der Waals surface area (Å²) in [5, 5.41) is 4.21. The summed E-state index contributed by atoms with van der Waals surface area (Å²) in [6, 6.07) is 5.92. The minimum Gasteiger partial charge on any atom is -0.332 e. The number of carbonyl (C=O) groups excluding carboxylic acids is 1. The van der Waals surface area contributed by atoms with Crippen LogP contribution < -0.4 is 0 Å². The molecule has 0 radical (unpaired) electrons. The van der Waals surface area contributed by atoms with Gasteiger partial charge in [-0.1, -0.05) is 0 Å². The van der Waals surface area contributed by atoms with Gasteiger partial charge in [0.1, 0.15) is 12.1 Å². The van der Waals surface area contributed by atoms with Gasteiger partial charge < -0.3 is 4.90 Å². The molecule has 1 atom stereocenters. The van der Waals surface area contributed by atoms with Gasteiger partial charge in [-0.3, -0.25) is 9.36 Å². The van der Waals surface area contributed by atoms with Crippen molar-refractivity contribution in [1.29, 1.82) is 0 Å². The Morgan fingerprint density at radius 2 is 2.26 bits per heavy atom. The lowest BCUT2D eigenvalue weighted by Crippen LogP contribution is -2.30. The van der Waals surface area contributed by atoms with Crippen LogP contribution in [0.25, 0.3) is 5.82 Å². The van der Waals surface area contributed by atoms with Gasteiger partial charge in [0.25, 0.3) is 5.91 Å². The van der Waals surface area contributed by atoms with Crippen molar-refractivity contribution >= 4 is 17.2 Å². The van der Waals surface area contributed by atoms with Crippen LogP contribution in [0.15, 0.2) is 53.9 Å². The number of hydrogen-bond acceptors (Lipinski definition) is 4. The second kappa shape index (κ2) is 5.96. The van der Waals surface area contributed by atoms with Gasteiger partial charge in [-0.2, -0.15) is 11.3 Å². The Bertz CT molecular complexity index is 798. The van der Waals surface area contributed by atoms with Crippen LogP contribution in [0.1, 0.15) is 34.8 Å². The molecule has 1 aliphatic rings. The fraction of sp³-hybridized carbons (Fsp3) is 0.235. The van der Waals surface area contributed by atoms with Crippen LogP contribution in [0, 0.1) is 0 Å². The summed E-state index contributed by atoms with van der Waals surface area (Å²) in [6.07, 6.45) is 8.95. The molecular formula is C17H16N4OS. The number of hydrogen-bond donors (Lipinski definition) is 0. The summed E-state index contributed by atoms with van der Waals surface area (Å²) in [4.78, 5) is 23.3. The summed E-state index contributed by atoms with van der Waals surface area (Å²) < 4.78 is 1.80. The summed E-state index contributed by atoms with van der Waals surface area (Å²) in [6.45, 7) is 0.808. The molecule has 0 saturated carbocycles. The average Bonchev–Trinajstić information content (AvgIpc) is 3.35. The van der Waals surface area contributed by atoms with Crippen LogP contribution in [0.4, 0.5) is 0 Å². The van der Waals surface area contributed by atoms with E-state index < -0.39 is 0 Å². The summed E-state index contributed by atoms with van der Waals surface area (Å²) in [7, 11) is 0. The molecule has 1 aliphatic heterocycles. The third-order valence-corrected chi connectivity index (χ3v) is 4.90. The van der Waals surface area contributed by atoms with Crippen LogP contribution in [-0.4, -0.2) is 31.9 Å². The molecule has 1 fully saturated rings. The van der Waals surface area contributed by atoms with Crippen molar-refractivity contribution in [2.45, 2.75) is 18.9 Å². The van der Waals surface area contributed by atoms with Crippen molar-refractivity contribution < 1.29 is 4.79 Å². The van der Waals surface area contributed by atoms with Crippen LogP contribution in [0.5, 0.6) is 0 Å². The summed E-state index contributed by atoms with van der Waals surface area (Å²) in [5.74, 6) is 0.780. The highest BCUT2D eigenvalue weighted by Gasteiger charge is 2.30. The normalized spacial score (nSPS) is 17.6. The number of nitrogens with zero attached hydrogens (tertiary/aromatic N) is 4. The molecular weight excluding hydrogens is 308 g/mol. The topological polar surface area (TPSA) is 51.0 Å². The molecule has 0 N–H and O–H groups in total. The Labute approximate surface area is 138 Å². The number of imidazole rings is 1. The second-order valence-electron chi connectivity index (χ2n) is 5.59. The molecule has 0 bridgehead atoms. The maximum atomic E-state index is 13.0. The van der Waals surface area contributed by atoms with E-state index in [9.17, 15) is 4.79 Å². The first-order valence-corrected chi connectivity index (χ1v) is 8.54. The predicted molar refractivity (Wildman–Crippen MR) is 88.7 cm³/mol. The van der Waals surface area contributed by atoms with E-state index >= 15 is 0 Å². The highest BCUT2D eigenvalue weighted by molar-refractivity contribution is 7.08. The van der Waals surface area contributed by atoms with Gasteiger partial charge in [-0.15, -0.1) is 0 Å².